The number of aliphatic hydroxyl groups is 1. The van der Waals surface area contributed by atoms with Crippen LogP contribution in [0, 0.1) is 12.7 Å². The number of carbonyl (C=O) groups excluding carboxylic acids is 2. The Bertz CT molecular complexity index is 1130. The molecule has 3 saturated carbocycles. The highest BCUT2D eigenvalue weighted by molar-refractivity contribution is 6.30. The van der Waals surface area contributed by atoms with Gasteiger partial charge in [-0.05, 0) is 80.8 Å². The molecule has 0 unspecified atom stereocenters. The number of aryl methyl sites for hydroxylation is 2. The number of rotatable bonds is 9. The lowest BCUT2D eigenvalue weighted by molar-refractivity contribution is -0.137. The van der Waals surface area contributed by atoms with Gasteiger partial charge in [-0.3, -0.25) is 9.59 Å². The lowest BCUT2D eigenvalue weighted by Gasteiger charge is -2.56. The molecule has 3 aliphatic carbocycles. The fourth-order valence-corrected chi connectivity index (χ4v) is 5.40. The standard InChI is InChI=1S/C27H32ClFN2O5/c1-3-18-10-17(2)11-20(12-18)36-16-25(34)31-27-8-6-26(7-9-27,14-23(27)32)30-24(33)15-35-19-4-5-21(28)22(29)13-19/h4-5,10-13,23,32H,3,6-9,14-16H2,1-2H3,(H,30,33)(H,31,34)/t23-,26?,27?/m0/s1. The third-order valence-corrected chi connectivity index (χ3v) is 7.57. The fraction of sp³-hybridized carbons (Fsp3) is 0.481. The van der Waals surface area contributed by atoms with Gasteiger partial charge in [0.15, 0.2) is 13.2 Å². The van der Waals surface area contributed by atoms with Gasteiger partial charge in [0, 0.05) is 11.6 Å². The van der Waals surface area contributed by atoms with Crippen LogP contribution in [0.1, 0.15) is 50.2 Å². The number of halogens is 2. The summed E-state index contributed by atoms with van der Waals surface area (Å²) in [4.78, 5) is 25.3. The minimum atomic E-state index is -0.804. The van der Waals surface area contributed by atoms with Gasteiger partial charge in [-0.1, -0.05) is 24.6 Å². The third kappa shape index (κ3) is 5.93. The van der Waals surface area contributed by atoms with Crippen LogP contribution < -0.4 is 20.1 Å². The Labute approximate surface area is 215 Å². The second-order valence-electron chi connectivity index (χ2n) is 9.91. The van der Waals surface area contributed by atoms with Crippen LogP contribution in [0.3, 0.4) is 0 Å². The van der Waals surface area contributed by atoms with E-state index in [2.05, 4.69) is 23.6 Å². The maximum atomic E-state index is 13.6. The number of fused-ring (bicyclic) bond motifs is 3. The number of hydrogen-bond acceptors (Lipinski definition) is 5. The summed E-state index contributed by atoms with van der Waals surface area (Å²) in [6.45, 7) is 3.64. The Kier molecular flexibility index (Phi) is 7.76. The van der Waals surface area contributed by atoms with Gasteiger partial charge in [-0.25, -0.2) is 4.39 Å². The summed E-state index contributed by atoms with van der Waals surface area (Å²) in [7, 11) is 0. The number of benzene rings is 2. The molecule has 3 aliphatic rings. The molecule has 36 heavy (non-hydrogen) atoms. The normalized spacial score (nSPS) is 24.8. The SMILES string of the molecule is CCc1cc(C)cc(OCC(=O)NC23CCC(NC(=O)COc4ccc(Cl)c(F)c4)(CC2)C[C@@H]3O)c1. The molecular weight excluding hydrogens is 487 g/mol. The van der Waals surface area contributed by atoms with Crippen LogP contribution in [-0.2, 0) is 16.0 Å². The quantitative estimate of drug-likeness (QED) is 0.468. The molecule has 194 valence electrons. The van der Waals surface area contributed by atoms with E-state index in [9.17, 15) is 19.1 Å². The summed E-state index contributed by atoms with van der Waals surface area (Å²) in [6.07, 6.45) is 2.70. The molecule has 0 saturated heterocycles. The molecule has 0 aromatic heterocycles. The first-order valence-corrected chi connectivity index (χ1v) is 12.6. The molecule has 3 N–H and O–H groups in total. The molecule has 2 aromatic carbocycles. The molecule has 2 bridgehead atoms. The van der Waals surface area contributed by atoms with Gasteiger partial charge in [0.2, 0.25) is 0 Å². The minimum Gasteiger partial charge on any atom is -0.484 e. The zero-order valence-electron chi connectivity index (χ0n) is 20.5. The molecule has 3 fully saturated rings. The predicted molar refractivity (Wildman–Crippen MR) is 134 cm³/mol. The average molecular weight is 519 g/mol. The van der Waals surface area contributed by atoms with Gasteiger partial charge >= 0.3 is 0 Å². The van der Waals surface area contributed by atoms with Crippen molar-refractivity contribution in [1.29, 1.82) is 0 Å². The van der Waals surface area contributed by atoms with Crippen LogP contribution >= 0.6 is 11.6 Å². The van der Waals surface area contributed by atoms with Gasteiger partial charge in [0.05, 0.1) is 16.7 Å². The monoisotopic (exact) mass is 518 g/mol. The van der Waals surface area contributed by atoms with Crippen LogP contribution in [0.15, 0.2) is 36.4 Å². The van der Waals surface area contributed by atoms with E-state index in [1.807, 2.05) is 19.1 Å². The molecule has 0 radical (unpaired) electrons. The van der Waals surface area contributed by atoms with Gasteiger partial charge in [0.25, 0.3) is 11.8 Å². The van der Waals surface area contributed by atoms with E-state index in [0.29, 0.717) is 37.9 Å². The van der Waals surface area contributed by atoms with Crippen LogP contribution in [0.25, 0.3) is 0 Å². The van der Waals surface area contributed by atoms with E-state index < -0.39 is 23.0 Å². The van der Waals surface area contributed by atoms with E-state index in [1.54, 1.807) is 0 Å². The fourth-order valence-electron chi connectivity index (χ4n) is 5.28. The predicted octanol–water partition coefficient (Wildman–Crippen LogP) is 3.86. The molecule has 2 amide bonds. The van der Waals surface area contributed by atoms with Crippen molar-refractivity contribution in [3.8, 4) is 11.5 Å². The highest BCUT2D eigenvalue weighted by Crippen LogP contribution is 2.47. The highest BCUT2D eigenvalue weighted by atomic mass is 35.5. The number of nitrogens with one attached hydrogen (secondary N) is 2. The summed E-state index contributed by atoms with van der Waals surface area (Å²) in [5.74, 6) is -0.399. The first-order valence-electron chi connectivity index (χ1n) is 12.2. The molecule has 0 spiro atoms. The minimum absolute atomic E-state index is 0.0213. The van der Waals surface area contributed by atoms with E-state index in [-0.39, 0.29) is 35.8 Å². The summed E-state index contributed by atoms with van der Waals surface area (Å²) in [5, 5.41) is 16.9. The topological polar surface area (TPSA) is 96.9 Å². The van der Waals surface area contributed by atoms with Crippen molar-refractivity contribution >= 4 is 23.4 Å². The zero-order chi connectivity index (χ0) is 25.9. The Morgan fingerprint density at radius 3 is 2.33 bits per heavy atom. The van der Waals surface area contributed by atoms with E-state index in [1.165, 1.54) is 12.1 Å². The van der Waals surface area contributed by atoms with Crippen molar-refractivity contribution < 1.29 is 28.6 Å². The highest BCUT2D eigenvalue weighted by Gasteiger charge is 2.55. The first kappa shape index (κ1) is 26.2. The van der Waals surface area contributed by atoms with Crippen molar-refractivity contribution in [3.05, 3.63) is 58.4 Å². The smallest absolute Gasteiger partial charge is 0.258 e. The summed E-state index contributed by atoms with van der Waals surface area (Å²) in [6, 6.07) is 9.89. The molecule has 2 aromatic rings. The van der Waals surface area contributed by atoms with Crippen molar-refractivity contribution in [3.63, 3.8) is 0 Å². The van der Waals surface area contributed by atoms with Crippen molar-refractivity contribution in [2.24, 2.45) is 0 Å². The third-order valence-electron chi connectivity index (χ3n) is 7.26. The molecule has 5 rings (SSSR count). The number of amides is 2. The lowest BCUT2D eigenvalue weighted by Crippen LogP contribution is -2.70. The summed E-state index contributed by atoms with van der Waals surface area (Å²) in [5.41, 5.74) is 0.919. The summed E-state index contributed by atoms with van der Waals surface area (Å²) < 4.78 is 24.7. The van der Waals surface area contributed by atoms with Crippen LogP contribution in [-0.4, -0.2) is 47.3 Å². The van der Waals surface area contributed by atoms with E-state index in [0.717, 1.165) is 23.6 Å². The number of aliphatic hydroxyl groups excluding tert-OH is 1. The Morgan fingerprint density at radius 2 is 1.69 bits per heavy atom. The van der Waals surface area contributed by atoms with Crippen molar-refractivity contribution in [2.75, 3.05) is 13.2 Å². The molecule has 7 nitrogen and oxygen atoms in total. The Morgan fingerprint density at radius 1 is 1.03 bits per heavy atom. The largest absolute Gasteiger partial charge is 0.484 e. The van der Waals surface area contributed by atoms with Gasteiger partial charge in [-0.15, -0.1) is 0 Å². The first-order chi connectivity index (χ1) is 17.1. The zero-order valence-corrected chi connectivity index (χ0v) is 21.3. The van der Waals surface area contributed by atoms with Gasteiger partial charge in [0.1, 0.15) is 17.3 Å². The number of hydrogen-bond donors (Lipinski definition) is 3. The molecular formula is C27H32ClFN2O5. The molecule has 1 atom stereocenters. The molecule has 0 heterocycles. The van der Waals surface area contributed by atoms with Crippen LogP contribution in [0.2, 0.25) is 5.02 Å². The average Bonchev–Trinajstić information content (AvgIpc) is 2.84. The van der Waals surface area contributed by atoms with Crippen molar-refractivity contribution in [1.82, 2.24) is 10.6 Å². The van der Waals surface area contributed by atoms with Crippen LogP contribution in [0.5, 0.6) is 11.5 Å². The maximum Gasteiger partial charge on any atom is 0.258 e. The Balaban J connectivity index is 1.28. The van der Waals surface area contributed by atoms with E-state index >= 15 is 0 Å². The molecule has 9 heteroatoms. The lowest BCUT2D eigenvalue weighted by atomic mass is 9.60. The number of ether oxygens (including phenoxy) is 2. The van der Waals surface area contributed by atoms with Gasteiger partial charge in [-0.2, -0.15) is 0 Å². The van der Waals surface area contributed by atoms with Gasteiger partial charge < -0.3 is 25.2 Å². The second kappa shape index (κ2) is 10.6. The maximum absolute atomic E-state index is 13.6. The summed E-state index contributed by atoms with van der Waals surface area (Å²) >= 11 is 5.67. The van der Waals surface area contributed by atoms with Crippen molar-refractivity contribution in [2.45, 2.75) is 69.6 Å². The second-order valence-corrected chi connectivity index (χ2v) is 10.3. The Hall–Kier alpha value is -2.84. The number of carbonyl (C=O) groups is 2. The van der Waals surface area contributed by atoms with Crippen LogP contribution in [0.4, 0.5) is 4.39 Å². The molecule has 0 aliphatic heterocycles. The van der Waals surface area contributed by atoms with E-state index in [4.69, 9.17) is 21.1 Å².